The van der Waals surface area contributed by atoms with E-state index in [2.05, 4.69) is 11.1 Å². The van der Waals surface area contributed by atoms with E-state index in [1.54, 1.807) is 26.4 Å². The summed E-state index contributed by atoms with van der Waals surface area (Å²) in [5.41, 5.74) is 3.10. The maximum atomic E-state index is 8.94. The summed E-state index contributed by atoms with van der Waals surface area (Å²) in [4.78, 5) is 4.54. The van der Waals surface area contributed by atoms with Gasteiger partial charge in [0.05, 0.1) is 18.7 Å². The Bertz CT molecular complexity index is 859. The predicted molar refractivity (Wildman–Crippen MR) is 89.4 cm³/mol. The number of nitriles is 1. The van der Waals surface area contributed by atoms with Crippen LogP contribution in [0.15, 0.2) is 52.9 Å². The molecule has 3 aromatic rings. The van der Waals surface area contributed by atoms with Crippen molar-refractivity contribution < 1.29 is 13.9 Å². The third-order valence-electron chi connectivity index (χ3n) is 3.58. The molecule has 120 valence electrons. The normalized spacial score (nSPS) is 10.4. The van der Waals surface area contributed by atoms with Crippen molar-refractivity contribution >= 4 is 0 Å². The van der Waals surface area contributed by atoms with Crippen LogP contribution in [0.5, 0.6) is 5.75 Å². The molecule has 2 aromatic carbocycles. The molecule has 0 aliphatic rings. The highest BCUT2D eigenvalue weighted by atomic mass is 16.5. The third kappa shape index (κ3) is 3.14. The predicted octanol–water partition coefficient (Wildman–Crippen LogP) is 4.04. The lowest BCUT2D eigenvalue weighted by Crippen LogP contribution is -1.87. The molecule has 0 saturated heterocycles. The molecule has 0 aliphatic carbocycles. The lowest BCUT2D eigenvalue weighted by atomic mass is 10.0. The van der Waals surface area contributed by atoms with Crippen molar-refractivity contribution in [2.24, 2.45) is 0 Å². The molecule has 3 rings (SSSR count). The van der Waals surface area contributed by atoms with Crippen molar-refractivity contribution in [2.75, 3.05) is 14.2 Å². The summed E-state index contributed by atoms with van der Waals surface area (Å²) >= 11 is 0. The molecule has 0 unspecified atom stereocenters. The summed E-state index contributed by atoms with van der Waals surface area (Å²) in [5, 5.41) is 8.94. The molecule has 24 heavy (non-hydrogen) atoms. The number of rotatable bonds is 5. The highest BCUT2D eigenvalue weighted by Crippen LogP contribution is 2.33. The first-order valence-corrected chi connectivity index (χ1v) is 7.38. The smallest absolute Gasteiger partial charge is 0.221 e. The van der Waals surface area contributed by atoms with Crippen LogP contribution in [0.2, 0.25) is 0 Å². The summed E-state index contributed by atoms with van der Waals surface area (Å²) in [7, 11) is 3.22. The van der Waals surface area contributed by atoms with Crippen molar-refractivity contribution in [1.82, 2.24) is 4.98 Å². The minimum atomic E-state index is 0.291. The first kappa shape index (κ1) is 15.8. The van der Waals surface area contributed by atoms with E-state index in [0.717, 1.165) is 22.6 Å². The van der Waals surface area contributed by atoms with Gasteiger partial charge in [0, 0.05) is 18.2 Å². The van der Waals surface area contributed by atoms with Crippen molar-refractivity contribution in [3.63, 3.8) is 0 Å². The van der Waals surface area contributed by atoms with E-state index >= 15 is 0 Å². The molecular weight excluding hydrogens is 304 g/mol. The van der Waals surface area contributed by atoms with E-state index < -0.39 is 0 Å². The molecule has 1 heterocycles. The molecule has 0 radical (unpaired) electrons. The Labute approximate surface area is 140 Å². The maximum Gasteiger partial charge on any atom is 0.221 e. The zero-order valence-corrected chi connectivity index (χ0v) is 13.4. The minimum Gasteiger partial charge on any atom is -0.497 e. The van der Waals surface area contributed by atoms with Crippen molar-refractivity contribution in [2.45, 2.75) is 6.61 Å². The van der Waals surface area contributed by atoms with Crippen molar-refractivity contribution in [1.29, 1.82) is 5.26 Å². The van der Waals surface area contributed by atoms with Gasteiger partial charge in [-0.2, -0.15) is 5.26 Å². The van der Waals surface area contributed by atoms with Crippen LogP contribution in [0.25, 0.3) is 22.6 Å². The number of hydrogen-bond donors (Lipinski definition) is 0. The highest BCUT2D eigenvalue weighted by molar-refractivity contribution is 5.77. The van der Waals surface area contributed by atoms with Crippen LogP contribution in [0, 0.1) is 11.3 Å². The summed E-state index contributed by atoms with van der Waals surface area (Å²) in [6, 6.07) is 16.9. The minimum absolute atomic E-state index is 0.291. The molecular formula is C19H16N2O3. The van der Waals surface area contributed by atoms with E-state index in [9.17, 15) is 0 Å². The van der Waals surface area contributed by atoms with Gasteiger partial charge in [0.25, 0.3) is 0 Å². The van der Waals surface area contributed by atoms with Crippen LogP contribution in [0.3, 0.4) is 0 Å². The summed E-state index contributed by atoms with van der Waals surface area (Å²) < 4.78 is 16.2. The van der Waals surface area contributed by atoms with E-state index in [0.29, 0.717) is 23.8 Å². The summed E-state index contributed by atoms with van der Waals surface area (Å²) in [5.74, 6) is 1.94. The first-order chi connectivity index (χ1) is 11.7. The average Bonchev–Trinajstić information content (AvgIpc) is 3.06. The molecule has 5 heteroatoms. The lowest BCUT2D eigenvalue weighted by molar-refractivity contribution is 0.160. The van der Waals surface area contributed by atoms with Crippen LogP contribution in [0.4, 0.5) is 0 Å². The van der Waals surface area contributed by atoms with Crippen LogP contribution in [-0.2, 0) is 11.3 Å². The number of nitrogens with zero attached hydrogens (tertiary/aromatic N) is 2. The molecule has 0 saturated carbocycles. The van der Waals surface area contributed by atoms with Gasteiger partial charge in [0.2, 0.25) is 5.89 Å². The molecule has 0 atom stereocenters. The standard InChI is InChI=1S/C19H16N2O3/c1-22-12-17-21-18(14-5-3-13(11-20)4-6-14)19(24-17)15-7-9-16(23-2)10-8-15/h3-10H,12H2,1-2H3. The van der Waals surface area contributed by atoms with Gasteiger partial charge in [0.1, 0.15) is 18.1 Å². The number of methoxy groups -OCH3 is 2. The van der Waals surface area contributed by atoms with Crippen LogP contribution in [-0.4, -0.2) is 19.2 Å². The van der Waals surface area contributed by atoms with Gasteiger partial charge in [-0.05, 0) is 36.4 Å². The third-order valence-corrected chi connectivity index (χ3v) is 3.58. The fourth-order valence-corrected chi connectivity index (χ4v) is 2.39. The SMILES string of the molecule is COCc1nc(-c2ccc(C#N)cc2)c(-c2ccc(OC)cc2)o1. The molecule has 0 N–H and O–H groups in total. The quantitative estimate of drug-likeness (QED) is 0.710. The largest absolute Gasteiger partial charge is 0.497 e. The fraction of sp³-hybridized carbons (Fsp3) is 0.158. The Hall–Kier alpha value is -3.10. The lowest BCUT2D eigenvalue weighted by Gasteiger charge is -2.03. The van der Waals surface area contributed by atoms with E-state index in [4.69, 9.17) is 19.2 Å². The Morgan fingerprint density at radius 3 is 2.25 bits per heavy atom. The molecule has 0 fully saturated rings. The zero-order chi connectivity index (χ0) is 16.9. The fourth-order valence-electron chi connectivity index (χ4n) is 2.39. The van der Waals surface area contributed by atoms with Gasteiger partial charge in [0.15, 0.2) is 5.76 Å². The Morgan fingerprint density at radius 1 is 1.00 bits per heavy atom. The Kier molecular flexibility index (Phi) is 4.59. The van der Waals surface area contributed by atoms with Crippen LogP contribution in [0.1, 0.15) is 11.5 Å². The second kappa shape index (κ2) is 6.99. The second-order valence-corrected chi connectivity index (χ2v) is 5.14. The van der Waals surface area contributed by atoms with E-state index in [1.807, 2.05) is 36.4 Å². The molecule has 0 amide bonds. The molecule has 1 aromatic heterocycles. The number of hydrogen-bond acceptors (Lipinski definition) is 5. The molecule has 0 spiro atoms. The van der Waals surface area contributed by atoms with Crippen molar-refractivity contribution in [3.8, 4) is 34.4 Å². The number of oxazole rings is 1. The molecule has 0 bridgehead atoms. The number of aromatic nitrogens is 1. The number of ether oxygens (including phenoxy) is 2. The molecule has 5 nitrogen and oxygen atoms in total. The maximum absolute atomic E-state index is 8.94. The zero-order valence-electron chi connectivity index (χ0n) is 13.4. The van der Waals surface area contributed by atoms with Gasteiger partial charge in [-0.1, -0.05) is 12.1 Å². The van der Waals surface area contributed by atoms with E-state index in [1.165, 1.54) is 0 Å². The van der Waals surface area contributed by atoms with Gasteiger partial charge >= 0.3 is 0 Å². The van der Waals surface area contributed by atoms with Gasteiger partial charge in [-0.3, -0.25) is 0 Å². The van der Waals surface area contributed by atoms with E-state index in [-0.39, 0.29) is 0 Å². The molecule has 0 aliphatic heterocycles. The first-order valence-electron chi connectivity index (χ1n) is 7.38. The highest BCUT2D eigenvalue weighted by Gasteiger charge is 2.17. The summed E-state index contributed by atoms with van der Waals surface area (Å²) in [6.07, 6.45) is 0. The second-order valence-electron chi connectivity index (χ2n) is 5.14. The van der Waals surface area contributed by atoms with Gasteiger partial charge < -0.3 is 13.9 Å². The monoisotopic (exact) mass is 320 g/mol. The average molecular weight is 320 g/mol. The van der Waals surface area contributed by atoms with Crippen LogP contribution < -0.4 is 4.74 Å². The Balaban J connectivity index is 2.07. The van der Waals surface area contributed by atoms with Gasteiger partial charge in [-0.15, -0.1) is 0 Å². The number of benzene rings is 2. The van der Waals surface area contributed by atoms with Crippen LogP contribution >= 0.6 is 0 Å². The van der Waals surface area contributed by atoms with Gasteiger partial charge in [-0.25, -0.2) is 4.98 Å². The van der Waals surface area contributed by atoms with Crippen molar-refractivity contribution in [3.05, 3.63) is 60.0 Å². The Morgan fingerprint density at radius 2 is 1.67 bits per heavy atom. The summed E-state index contributed by atoms with van der Waals surface area (Å²) in [6.45, 7) is 0.291. The topological polar surface area (TPSA) is 68.3 Å².